The van der Waals surface area contributed by atoms with Crippen molar-refractivity contribution in [3.05, 3.63) is 59.3 Å². The number of rotatable bonds is 4. The smallest absolute Gasteiger partial charge is 0.335 e. The Labute approximate surface area is 130 Å². The number of aryl methyl sites for hydroxylation is 1. The van der Waals surface area contributed by atoms with Crippen LogP contribution in [0.3, 0.4) is 0 Å². The maximum Gasteiger partial charge on any atom is 0.335 e. The van der Waals surface area contributed by atoms with Gasteiger partial charge in [0.05, 0.1) is 5.56 Å². The number of aromatic carboxylic acids is 1. The highest BCUT2D eigenvalue weighted by molar-refractivity contribution is 5.87. The van der Waals surface area contributed by atoms with Gasteiger partial charge in [-0.05, 0) is 55.5 Å². The Morgan fingerprint density at radius 1 is 1.32 bits per heavy atom. The number of carboxylic acid groups (broad SMARTS) is 1. The number of anilines is 1. The van der Waals surface area contributed by atoms with Crippen molar-refractivity contribution in [3.8, 4) is 0 Å². The van der Waals surface area contributed by atoms with Crippen molar-refractivity contribution in [3.63, 3.8) is 0 Å². The zero-order chi connectivity index (χ0) is 15.5. The third-order valence-electron chi connectivity index (χ3n) is 4.18. The number of aromatic nitrogens is 1. The summed E-state index contributed by atoms with van der Waals surface area (Å²) in [6.07, 6.45) is 2.04. The summed E-state index contributed by atoms with van der Waals surface area (Å²) in [5.74, 6) is 0.729. The lowest BCUT2D eigenvalue weighted by Crippen LogP contribution is -2.21. The van der Waals surface area contributed by atoms with Crippen LogP contribution in [0.15, 0.2) is 42.5 Å². The largest absolute Gasteiger partial charge is 0.478 e. The summed E-state index contributed by atoms with van der Waals surface area (Å²) in [4.78, 5) is 17.9. The minimum atomic E-state index is -0.862. The third-order valence-corrected chi connectivity index (χ3v) is 4.18. The molecular weight excluding hydrogens is 276 g/mol. The Kier molecular flexibility index (Phi) is 4.09. The van der Waals surface area contributed by atoms with Gasteiger partial charge in [0.25, 0.3) is 0 Å². The second kappa shape index (κ2) is 6.18. The molecule has 4 nitrogen and oxygen atoms in total. The first-order valence-corrected chi connectivity index (χ1v) is 7.62. The van der Waals surface area contributed by atoms with Crippen LogP contribution in [0.5, 0.6) is 0 Å². The molecule has 114 valence electrons. The fourth-order valence-electron chi connectivity index (χ4n) is 3.08. The van der Waals surface area contributed by atoms with Crippen molar-refractivity contribution in [1.29, 1.82) is 0 Å². The topological polar surface area (TPSA) is 53.4 Å². The molecule has 0 radical (unpaired) electrons. The molecule has 1 N–H and O–H groups in total. The second-order valence-corrected chi connectivity index (χ2v) is 5.95. The van der Waals surface area contributed by atoms with Crippen LogP contribution >= 0.6 is 0 Å². The zero-order valence-electron chi connectivity index (χ0n) is 12.7. The molecule has 1 aromatic heterocycles. The molecule has 0 bridgehead atoms. The van der Waals surface area contributed by atoms with Gasteiger partial charge in [0.1, 0.15) is 5.82 Å². The van der Waals surface area contributed by atoms with E-state index in [9.17, 15) is 4.79 Å². The molecule has 1 saturated heterocycles. The number of benzene rings is 1. The van der Waals surface area contributed by atoms with E-state index in [0.29, 0.717) is 11.5 Å². The Hall–Kier alpha value is -2.36. The van der Waals surface area contributed by atoms with Crippen molar-refractivity contribution in [2.75, 3.05) is 18.0 Å². The van der Waals surface area contributed by atoms with E-state index in [1.165, 1.54) is 0 Å². The summed E-state index contributed by atoms with van der Waals surface area (Å²) >= 11 is 0. The molecular formula is C18H20N2O2. The fraction of sp³-hybridized carbons (Fsp3) is 0.333. The molecule has 4 heteroatoms. The first-order chi connectivity index (χ1) is 10.6. The van der Waals surface area contributed by atoms with Gasteiger partial charge in [-0.25, -0.2) is 9.78 Å². The lowest BCUT2D eigenvalue weighted by atomic mass is 9.97. The van der Waals surface area contributed by atoms with Crippen molar-refractivity contribution < 1.29 is 9.90 Å². The van der Waals surface area contributed by atoms with E-state index in [1.807, 2.05) is 31.2 Å². The van der Waals surface area contributed by atoms with E-state index < -0.39 is 5.97 Å². The highest BCUT2D eigenvalue weighted by Gasteiger charge is 2.23. The van der Waals surface area contributed by atoms with Gasteiger partial charge < -0.3 is 10.0 Å². The maximum atomic E-state index is 11.0. The molecule has 1 aliphatic heterocycles. The molecule has 3 rings (SSSR count). The molecule has 0 amide bonds. The van der Waals surface area contributed by atoms with Crippen LogP contribution < -0.4 is 4.90 Å². The van der Waals surface area contributed by atoms with Crippen molar-refractivity contribution in [2.45, 2.75) is 19.8 Å². The summed E-state index contributed by atoms with van der Waals surface area (Å²) in [5.41, 5.74) is 2.51. The molecule has 22 heavy (non-hydrogen) atoms. The summed E-state index contributed by atoms with van der Waals surface area (Å²) in [6, 6.07) is 13.4. The first kappa shape index (κ1) is 14.6. The van der Waals surface area contributed by atoms with E-state index in [-0.39, 0.29) is 0 Å². The maximum absolute atomic E-state index is 11.0. The summed E-state index contributed by atoms with van der Waals surface area (Å²) in [6.45, 7) is 4.00. The van der Waals surface area contributed by atoms with Crippen LogP contribution in [0.25, 0.3) is 0 Å². The summed E-state index contributed by atoms with van der Waals surface area (Å²) in [7, 11) is 0. The standard InChI is InChI=1S/C18H20N2O2/c1-13-4-2-7-17(19-13)20-9-8-15(12-20)10-14-5-3-6-16(11-14)18(21)22/h2-7,11,15H,8-10,12H2,1H3,(H,21,22). The normalized spacial score (nSPS) is 17.7. The van der Waals surface area contributed by atoms with Crippen molar-refractivity contribution in [2.24, 2.45) is 5.92 Å². The Morgan fingerprint density at radius 2 is 2.14 bits per heavy atom. The molecule has 0 spiro atoms. The molecule has 2 heterocycles. The SMILES string of the molecule is Cc1cccc(N2CCC(Cc3cccc(C(=O)O)c3)C2)n1. The minimum absolute atomic E-state index is 0.368. The third kappa shape index (κ3) is 3.27. The highest BCUT2D eigenvalue weighted by Crippen LogP contribution is 2.25. The molecule has 1 atom stereocenters. The van der Waals surface area contributed by atoms with Gasteiger partial charge in [0.15, 0.2) is 0 Å². The van der Waals surface area contributed by atoms with Gasteiger partial charge in [-0.3, -0.25) is 0 Å². The van der Waals surface area contributed by atoms with Crippen molar-refractivity contribution in [1.82, 2.24) is 4.98 Å². The molecule has 1 aromatic carbocycles. The number of hydrogen-bond donors (Lipinski definition) is 1. The average Bonchev–Trinajstić information content (AvgIpc) is 2.96. The fourth-order valence-corrected chi connectivity index (χ4v) is 3.08. The van der Waals surface area contributed by atoms with Crippen LogP contribution in [0.1, 0.15) is 28.0 Å². The van der Waals surface area contributed by atoms with Gasteiger partial charge in [-0.15, -0.1) is 0 Å². The summed E-state index contributed by atoms with van der Waals surface area (Å²) < 4.78 is 0. The van der Waals surface area contributed by atoms with E-state index in [4.69, 9.17) is 5.11 Å². The highest BCUT2D eigenvalue weighted by atomic mass is 16.4. The molecule has 2 aromatic rings. The Balaban J connectivity index is 1.66. The van der Waals surface area contributed by atoms with E-state index in [0.717, 1.165) is 43.0 Å². The quantitative estimate of drug-likeness (QED) is 0.941. The van der Waals surface area contributed by atoms with E-state index >= 15 is 0 Å². The van der Waals surface area contributed by atoms with E-state index in [2.05, 4.69) is 16.0 Å². The number of carboxylic acids is 1. The van der Waals surface area contributed by atoms with Crippen LogP contribution in [-0.2, 0) is 6.42 Å². The first-order valence-electron chi connectivity index (χ1n) is 7.62. The lowest BCUT2D eigenvalue weighted by Gasteiger charge is -2.18. The van der Waals surface area contributed by atoms with Gasteiger partial charge >= 0.3 is 5.97 Å². The van der Waals surface area contributed by atoms with E-state index in [1.54, 1.807) is 12.1 Å². The average molecular weight is 296 g/mol. The van der Waals surface area contributed by atoms with Gasteiger partial charge in [-0.2, -0.15) is 0 Å². The van der Waals surface area contributed by atoms with Crippen LogP contribution in [0.2, 0.25) is 0 Å². The minimum Gasteiger partial charge on any atom is -0.478 e. The van der Waals surface area contributed by atoms with Gasteiger partial charge in [0, 0.05) is 18.8 Å². The lowest BCUT2D eigenvalue weighted by molar-refractivity contribution is 0.0696. The Bertz CT molecular complexity index is 684. The van der Waals surface area contributed by atoms with Crippen LogP contribution in [0.4, 0.5) is 5.82 Å². The van der Waals surface area contributed by atoms with Crippen LogP contribution in [0, 0.1) is 12.8 Å². The number of nitrogens with zero attached hydrogens (tertiary/aromatic N) is 2. The molecule has 0 saturated carbocycles. The van der Waals surface area contributed by atoms with Gasteiger partial charge in [0.2, 0.25) is 0 Å². The Morgan fingerprint density at radius 3 is 2.91 bits per heavy atom. The number of carbonyl (C=O) groups is 1. The molecule has 1 unspecified atom stereocenters. The monoisotopic (exact) mass is 296 g/mol. The molecule has 1 aliphatic rings. The molecule has 1 fully saturated rings. The number of hydrogen-bond acceptors (Lipinski definition) is 3. The predicted molar refractivity (Wildman–Crippen MR) is 86.4 cm³/mol. The predicted octanol–water partition coefficient (Wildman–Crippen LogP) is 3.16. The van der Waals surface area contributed by atoms with Crippen molar-refractivity contribution >= 4 is 11.8 Å². The van der Waals surface area contributed by atoms with Crippen LogP contribution in [-0.4, -0.2) is 29.1 Å². The number of pyridine rings is 1. The molecule has 0 aliphatic carbocycles. The summed E-state index contributed by atoms with van der Waals surface area (Å²) in [5, 5.41) is 9.07. The van der Waals surface area contributed by atoms with Gasteiger partial charge in [-0.1, -0.05) is 18.2 Å². The second-order valence-electron chi connectivity index (χ2n) is 5.95. The zero-order valence-corrected chi connectivity index (χ0v) is 12.7.